The third kappa shape index (κ3) is 4.45. The van der Waals surface area contributed by atoms with E-state index in [9.17, 15) is 19.5 Å². The largest absolute Gasteiger partial charge is 0.504 e. The summed E-state index contributed by atoms with van der Waals surface area (Å²) < 4.78 is 6.17. The van der Waals surface area contributed by atoms with Crippen molar-refractivity contribution < 1.29 is 29.0 Å². The normalized spacial score (nSPS) is 28.6. The van der Waals surface area contributed by atoms with Crippen molar-refractivity contribution in [1.29, 1.82) is 0 Å². The van der Waals surface area contributed by atoms with E-state index in [2.05, 4.69) is 15.9 Å². The van der Waals surface area contributed by atoms with Gasteiger partial charge in [-0.25, -0.2) is 4.90 Å². The number of carbonyl (C=O) groups is 4. The van der Waals surface area contributed by atoms with Gasteiger partial charge in [-0.1, -0.05) is 75.6 Å². The maximum Gasteiger partial charge on any atom is 0.246 e. The number of ether oxygens (including phenoxy) is 1. The monoisotopic (exact) mass is 716 g/mol. The summed E-state index contributed by atoms with van der Waals surface area (Å²) >= 11 is 9.95. The molecule has 2 aliphatic carbocycles. The molecule has 0 radical (unpaired) electrons. The van der Waals surface area contributed by atoms with Crippen LogP contribution in [0.15, 0.2) is 82.9 Å². The highest BCUT2D eigenvalue weighted by atomic mass is 79.9. The zero-order valence-corrected chi connectivity index (χ0v) is 28.7. The number of rotatable bonds is 4. The fraction of sp³-hybridized carbons (Fsp3) is 0.351. The highest BCUT2D eigenvalue weighted by Gasteiger charge is 2.70. The first-order valence-corrected chi connectivity index (χ1v) is 16.8. The molecule has 2 aliphatic heterocycles. The van der Waals surface area contributed by atoms with Crippen molar-refractivity contribution in [3.05, 3.63) is 99.0 Å². The number of likely N-dealkylation sites (tertiary alicyclic amines) is 1. The van der Waals surface area contributed by atoms with Gasteiger partial charge in [0.25, 0.3) is 0 Å². The molecule has 2 heterocycles. The topological polar surface area (TPSA) is 104 Å². The Labute approximate surface area is 286 Å². The molecular weight excluding hydrogens is 684 g/mol. The van der Waals surface area contributed by atoms with E-state index in [0.717, 1.165) is 5.57 Å². The van der Waals surface area contributed by atoms with Crippen molar-refractivity contribution in [3.8, 4) is 11.5 Å². The molecular formula is C37H34BrClN2O6. The average molecular weight is 718 g/mol. The number of aromatic hydroxyl groups is 1. The van der Waals surface area contributed by atoms with E-state index in [1.165, 1.54) is 16.9 Å². The summed E-state index contributed by atoms with van der Waals surface area (Å²) in [7, 11) is 1.45. The Morgan fingerprint density at radius 3 is 2.32 bits per heavy atom. The number of halogens is 2. The zero-order chi connectivity index (χ0) is 33.6. The number of nitrogens with zero attached hydrogens (tertiary/aromatic N) is 2. The van der Waals surface area contributed by atoms with Crippen molar-refractivity contribution in [1.82, 2.24) is 4.90 Å². The maximum atomic E-state index is 15.3. The van der Waals surface area contributed by atoms with Gasteiger partial charge in [0.2, 0.25) is 23.6 Å². The lowest BCUT2D eigenvalue weighted by Crippen LogP contribution is -2.53. The molecule has 3 aromatic carbocycles. The minimum absolute atomic E-state index is 0.162. The van der Waals surface area contributed by atoms with Crippen molar-refractivity contribution in [2.45, 2.75) is 50.5 Å². The second-order valence-electron chi connectivity index (χ2n) is 13.8. The number of imide groups is 2. The third-order valence-corrected chi connectivity index (χ3v) is 11.1. The predicted molar refractivity (Wildman–Crippen MR) is 180 cm³/mol. The molecule has 2 saturated heterocycles. The van der Waals surface area contributed by atoms with Crippen molar-refractivity contribution in [2.75, 3.05) is 12.0 Å². The third-order valence-electron chi connectivity index (χ3n) is 10.4. The van der Waals surface area contributed by atoms with Crippen molar-refractivity contribution in [2.24, 2.45) is 23.7 Å². The van der Waals surface area contributed by atoms with Gasteiger partial charge in [0, 0.05) is 26.5 Å². The standard InChI is InChI=1S/C37H34BrClN2O6/c1-36(2,3)41-32(43)24-14-13-23-25(29(24)34(41)45)18-27-33(44)40(22-12-8-11-21(39)17-22)35(46)37(27,19-9-6-5-7-10-19)30(23)26-15-20(38)16-28(47-4)31(26)42/h5-13,15-17,24-25,27,29-30,42H,14,18H2,1-4H3. The number of anilines is 1. The Balaban J connectivity index is 1.53. The van der Waals surface area contributed by atoms with Crippen LogP contribution in [0.5, 0.6) is 11.5 Å². The van der Waals surface area contributed by atoms with Crippen LogP contribution < -0.4 is 9.64 Å². The fourth-order valence-electron chi connectivity index (χ4n) is 8.72. The summed E-state index contributed by atoms with van der Waals surface area (Å²) in [6.07, 6.45) is 2.44. The van der Waals surface area contributed by atoms with E-state index in [4.69, 9.17) is 16.3 Å². The van der Waals surface area contributed by atoms with Gasteiger partial charge in [0.1, 0.15) is 0 Å². The van der Waals surface area contributed by atoms with Gasteiger partial charge in [-0.3, -0.25) is 24.1 Å². The Morgan fingerprint density at radius 1 is 0.936 bits per heavy atom. The molecule has 4 aliphatic rings. The molecule has 6 atom stereocenters. The molecule has 8 nitrogen and oxygen atoms in total. The second-order valence-corrected chi connectivity index (χ2v) is 15.2. The van der Waals surface area contributed by atoms with Crippen LogP contribution in [0, 0.1) is 23.7 Å². The molecule has 0 aromatic heterocycles. The van der Waals surface area contributed by atoms with E-state index in [-0.39, 0.29) is 29.7 Å². The molecule has 3 aromatic rings. The summed E-state index contributed by atoms with van der Waals surface area (Å²) in [5.41, 5.74) is -0.137. The Hall–Kier alpha value is -3.95. The lowest BCUT2D eigenvalue weighted by atomic mass is 9.49. The van der Waals surface area contributed by atoms with Crippen LogP contribution in [0.2, 0.25) is 5.02 Å². The van der Waals surface area contributed by atoms with E-state index in [1.54, 1.807) is 36.4 Å². The lowest BCUT2D eigenvalue weighted by molar-refractivity contribution is -0.145. The average Bonchev–Trinajstić information content (AvgIpc) is 3.43. The van der Waals surface area contributed by atoms with Crippen LogP contribution in [0.1, 0.15) is 50.7 Å². The fourth-order valence-corrected chi connectivity index (χ4v) is 9.36. The van der Waals surface area contributed by atoms with Crippen LogP contribution >= 0.6 is 27.5 Å². The van der Waals surface area contributed by atoms with Crippen LogP contribution in [0.3, 0.4) is 0 Å². The highest BCUT2D eigenvalue weighted by Crippen LogP contribution is 2.66. The van der Waals surface area contributed by atoms with E-state index >= 15 is 4.79 Å². The Kier molecular flexibility index (Phi) is 7.44. The summed E-state index contributed by atoms with van der Waals surface area (Å²) in [5, 5.41) is 12.2. The molecule has 0 bridgehead atoms. The quantitative estimate of drug-likeness (QED) is 0.236. The minimum atomic E-state index is -1.51. The summed E-state index contributed by atoms with van der Waals surface area (Å²) in [4.78, 5) is 60.7. The van der Waals surface area contributed by atoms with Gasteiger partial charge in [-0.15, -0.1) is 0 Å². The van der Waals surface area contributed by atoms with Crippen LogP contribution in [-0.4, -0.2) is 46.3 Å². The SMILES string of the molecule is COc1cc(Br)cc(C2C3=CCC4C(=O)N(C(C)(C)C)C(=O)C4C3CC3C(=O)N(c4cccc(Cl)c4)C(=O)C32c2ccccc2)c1O. The number of phenols is 1. The minimum Gasteiger partial charge on any atom is -0.504 e. The number of phenolic OH excluding ortho intramolecular Hbond substituents is 1. The molecule has 3 fully saturated rings. The van der Waals surface area contributed by atoms with E-state index < -0.39 is 52.4 Å². The Morgan fingerprint density at radius 2 is 1.66 bits per heavy atom. The molecule has 7 rings (SSSR count). The van der Waals surface area contributed by atoms with Crippen LogP contribution in [-0.2, 0) is 24.6 Å². The zero-order valence-electron chi connectivity index (χ0n) is 26.4. The number of benzene rings is 3. The number of hydrogen-bond donors (Lipinski definition) is 1. The number of carbonyl (C=O) groups excluding carboxylic acids is 4. The van der Waals surface area contributed by atoms with Gasteiger partial charge in [0.15, 0.2) is 11.5 Å². The van der Waals surface area contributed by atoms with Gasteiger partial charge in [0.05, 0.1) is 36.0 Å². The van der Waals surface area contributed by atoms with Gasteiger partial charge >= 0.3 is 0 Å². The van der Waals surface area contributed by atoms with Crippen LogP contribution in [0.25, 0.3) is 0 Å². The van der Waals surface area contributed by atoms with Gasteiger partial charge in [-0.05, 0) is 75.4 Å². The molecule has 242 valence electrons. The first-order chi connectivity index (χ1) is 22.3. The molecule has 4 amide bonds. The molecule has 6 unspecified atom stereocenters. The summed E-state index contributed by atoms with van der Waals surface area (Å²) in [5.74, 6) is -4.97. The highest BCUT2D eigenvalue weighted by molar-refractivity contribution is 9.10. The molecule has 0 spiro atoms. The number of allylic oxidation sites excluding steroid dienone is 2. The first-order valence-electron chi connectivity index (χ1n) is 15.7. The van der Waals surface area contributed by atoms with Gasteiger partial charge < -0.3 is 9.84 Å². The van der Waals surface area contributed by atoms with Crippen molar-refractivity contribution in [3.63, 3.8) is 0 Å². The smallest absolute Gasteiger partial charge is 0.246 e. The number of fused-ring (bicyclic) bond motifs is 4. The van der Waals surface area contributed by atoms with Gasteiger partial charge in [-0.2, -0.15) is 0 Å². The lowest BCUT2D eigenvalue weighted by Gasteiger charge is -2.50. The summed E-state index contributed by atoms with van der Waals surface area (Å²) in [6.45, 7) is 5.52. The molecule has 1 N–H and O–H groups in total. The second kappa shape index (κ2) is 11.1. The van der Waals surface area contributed by atoms with Crippen molar-refractivity contribution >= 4 is 56.8 Å². The Bertz CT molecular complexity index is 1890. The number of amides is 4. The number of hydrogen-bond acceptors (Lipinski definition) is 6. The summed E-state index contributed by atoms with van der Waals surface area (Å²) in [6, 6.07) is 19.2. The first kappa shape index (κ1) is 31.6. The van der Waals surface area contributed by atoms with Crippen LogP contribution in [0.4, 0.5) is 5.69 Å². The van der Waals surface area contributed by atoms with E-state index in [0.29, 0.717) is 32.7 Å². The molecule has 1 saturated carbocycles. The molecule has 47 heavy (non-hydrogen) atoms. The van der Waals surface area contributed by atoms with E-state index in [1.807, 2.05) is 57.2 Å². The maximum absolute atomic E-state index is 15.3. The predicted octanol–water partition coefficient (Wildman–Crippen LogP) is 6.78. The number of methoxy groups -OCH3 is 1. The molecule has 10 heteroatoms.